The van der Waals surface area contributed by atoms with Gasteiger partial charge in [0.15, 0.2) is 0 Å². The molecule has 0 N–H and O–H groups in total. The van der Waals surface area contributed by atoms with E-state index in [9.17, 15) is 13.6 Å². The molecule has 2 rings (SSSR count). The fourth-order valence-electron chi connectivity index (χ4n) is 3.76. The van der Waals surface area contributed by atoms with Crippen LogP contribution in [0.3, 0.4) is 0 Å². The third kappa shape index (κ3) is 5.52. The molecular formula is C21H30F2O2. The number of hydrogen-bond donors (Lipinski definition) is 0. The summed E-state index contributed by atoms with van der Waals surface area (Å²) in [4.78, 5) is 11.8. The van der Waals surface area contributed by atoms with Gasteiger partial charge in [0.05, 0.1) is 6.61 Å². The van der Waals surface area contributed by atoms with Gasteiger partial charge < -0.3 is 4.74 Å². The molecule has 25 heavy (non-hydrogen) atoms. The number of halogens is 2. The van der Waals surface area contributed by atoms with Crippen molar-refractivity contribution in [2.75, 3.05) is 6.61 Å². The molecule has 1 aromatic carbocycles. The molecule has 1 fully saturated rings. The van der Waals surface area contributed by atoms with Gasteiger partial charge in [-0.3, -0.25) is 0 Å². The molecule has 0 amide bonds. The van der Waals surface area contributed by atoms with Gasteiger partial charge in [0.1, 0.15) is 17.2 Å². The first-order chi connectivity index (χ1) is 12.1. The monoisotopic (exact) mass is 352 g/mol. The van der Waals surface area contributed by atoms with Crippen LogP contribution in [0, 0.1) is 17.6 Å². The number of hydrogen-bond acceptors (Lipinski definition) is 2. The Morgan fingerprint density at radius 2 is 1.68 bits per heavy atom. The summed E-state index contributed by atoms with van der Waals surface area (Å²) >= 11 is 0. The maximum absolute atomic E-state index is 14.3. The molecule has 0 bridgehead atoms. The molecule has 1 aliphatic carbocycles. The van der Waals surface area contributed by atoms with E-state index in [-0.39, 0.29) is 12.5 Å². The van der Waals surface area contributed by atoms with Gasteiger partial charge in [0, 0.05) is 0 Å². The van der Waals surface area contributed by atoms with Gasteiger partial charge in [-0.1, -0.05) is 39.5 Å². The number of carbonyl (C=O) groups excluding carboxylic acids is 1. The lowest BCUT2D eigenvalue weighted by Crippen LogP contribution is -2.16. The lowest BCUT2D eigenvalue weighted by Gasteiger charge is -2.29. The van der Waals surface area contributed by atoms with Crippen LogP contribution in [0.4, 0.5) is 8.78 Å². The molecule has 0 spiro atoms. The third-order valence-electron chi connectivity index (χ3n) is 5.24. The van der Waals surface area contributed by atoms with Crippen LogP contribution in [0.1, 0.15) is 93.5 Å². The largest absolute Gasteiger partial charge is 0.462 e. The smallest absolute Gasteiger partial charge is 0.344 e. The molecule has 1 aromatic rings. The van der Waals surface area contributed by atoms with Crippen LogP contribution in [-0.4, -0.2) is 12.6 Å². The van der Waals surface area contributed by atoms with Crippen molar-refractivity contribution >= 4 is 5.97 Å². The van der Waals surface area contributed by atoms with E-state index in [0.717, 1.165) is 31.6 Å². The highest BCUT2D eigenvalue weighted by molar-refractivity contribution is 5.90. The summed E-state index contributed by atoms with van der Waals surface area (Å²) in [5, 5.41) is 0. The van der Waals surface area contributed by atoms with E-state index in [1.54, 1.807) is 0 Å². The van der Waals surface area contributed by atoms with Crippen molar-refractivity contribution in [2.45, 2.75) is 77.6 Å². The van der Waals surface area contributed by atoms with Crippen LogP contribution in [0.15, 0.2) is 12.1 Å². The van der Waals surface area contributed by atoms with Crippen LogP contribution < -0.4 is 0 Å². The molecule has 0 heterocycles. The van der Waals surface area contributed by atoms with Crippen molar-refractivity contribution in [2.24, 2.45) is 5.92 Å². The van der Waals surface area contributed by atoms with Crippen molar-refractivity contribution in [3.05, 3.63) is 34.9 Å². The van der Waals surface area contributed by atoms with E-state index in [1.807, 2.05) is 6.92 Å². The lowest BCUT2D eigenvalue weighted by atomic mass is 9.77. The minimum Gasteiger partial charge on any atom is -0.462 e. The summed E-state index contributed by atoms with van der Waals surface area (Å²) in [5.41, 5.74) is 0.111. The number of ether oxygens (including phenoxy) is 1. The predicted molar refractivity (Wildman–Crippen MR) is 95.8 cm³/mol. The molecule has 140 valence electrons. The van der Waals surface area contributed by atoms with Gasteiger partial charge >= 0.3 is 5.97 Å². The molecule has 0 aliphatic heterocycles. The minimum absolute atomic E-state index is 0.168. The van der Waals surface area contributed by atoms with Gasteiger partial charge in [-0.25, -0.2) is 13.6 Å². The normalized spacial score (nSPS) is 20.5. The van der Waals surface area contributed by atoms with Gasteiger partial charge in [-0.05, 0) is 61.6 Å². The van der Waals surface area contributed by atoms with Crippen molar-refractivity contribution in [3.8, 4) is 0 Å². The molecule has 0 saturated heterocycles. The van der Waals surface area contributed by atoms with Crippen molar-refractivity contribution < 1.29 is 18.3 Å². The van der Waals surface area contributed by atoms with Crippen LogP contribution in [-0.2, 0) is 4.74 Å². The van der Waals surface area contributed by atoms with E-state index >= 15 is 0 Å². The molecule has 0 radical (unpaired) electrons. The standard InChI is InChI=1S/C21H30F2O2/c1-3-5-6-7-15-8-10-16(11-9-15)17-13-18(22)20(19(23)14-17)21(24)25-12-4-2/h13-16H,3-12H2,1-2H3/t15-,16-. The Morgan fingerprint density at radius 3 is 2.24 bits per heavy atom. The SMILES string of the molecule is CCCCC[C@H]1CC[C@H](c2cc(F)c(C(=O)OCCC)c(F)c2)CC1. The minimum atomic E-state index is -0.914. The molecule has 0 atom stereocenters. The quantitative estimate of drug-likeness (QED) is 0.400. The average molecular weight is 352 g/mol. The molecule has 2 nitrogen and oxygen atoms in total. The van der Waals surface area contributed by atoms with Crippen molar-refractivity contribution in [3.63, 3.8) is 0 Å². The van der Waals surface area contributed by atoms with Gasteiger partial charge in [0.2, 0.25) is 0 Å². The van der Waals surface area contributed by atoms with Crippen LogP contribution >= 0.6 is 0 Å². The van der Waals surface area contributed by atoms with Gasteiger partial charge in [0.25, 0.3) is 0 Å². The Bertz CT molecular complexity index is 540. The molecule has 1 aliphatic rings. The highest BCUT2D eigenvalue weighted by atomic mass is 19.1. The predicted octanol–water partition coefficient (Wildman–Crippen LogP) is 6.39. The van der Waals surface area contributed by atoms with E-state index in [0.29, 0.717) is 12.0 Å². The number of unbranched alkanes of at least 4 members (excludes halogenated alkanes) is 2. The summed E-state index contributed by atoms with van der Waals surface area (Å²) in [5.74, 6) is -1.58. The number of rotatable bonds is 8. The summed E-state index contributed by atoms with van der Waals surface area (Å²) in [7, 11) is 0. The first kappa shape index (κ1) is 19.9. The second-order valence-corrected chi connectivity index (χ2v) is 7.21. The topological polar surface area (TPSA) is 26.3 Å². The molecule has 0 aromatic heterocycles. The average Bonchev–Trinajstić information content (AvgIpc) is 2.60. The summed E-state index contributed by atoms with van der Waals surface area (Å²) in [6, 6.07) is 2.65. The van der Waals surface area contributed by atoms with Gasteiger partial charge in [-0.2, -0.15) is 0 Å². The fourth-order valence-corrected chi connectivity index (χ4v) is 3.76. The second-order valence-electron chi connectivity index (χ2n) is 7.21. The highest BCUT2D eigenvalue weighted by Crippen LogP contribution is 2.38. The molecule has 4 heteroatoms. The molecule has 1 saturated carbocycles. The second kappa shape index (κ2) is 9.88. The summed E-state index contributed by atoms with van der Waals surface area (Å²) in [6.07, 6.45) is 9.87. The first-order valence-electron chi connectivity index (χ1n) is 9.72. The number of esters is 1. The van der Waals surface area contributed by atoms with Crippen LogP contribution in [0.5, 0.6) is 0 Å². The number of carbonyl (C=O) groups is 1. The van der Waals surface area contributed by atoms with Crippen LogP contribution in [0.25, 0.3) is 0 Å². The maximum atomic E-state index is 14.3. The zero-order chi connectivity index (χ0) is 18.2. The van der Waals surface area contributed by atoms with E-state index in [1.165, 1.54) is 37.8 Å². The Morgan fingerprint density at radius 1 is 1.04 bits per heavy atom. The number of benzene rings is 1. The Balaban J connectivity index is 1.98. The Labute approximate surface area is 150 Å². The summed E-state index contributed by atoms with van der Waals surface area (Å²) < 4.78 is 33.4. The summed E-state index contributed by atoms with van der Waals surface area (Å²) in [6.45, 7) is 4.21. The molecule has 0 unspecified atom stereocenters. The Kier molecular flexibility index (Phi) is 7.86. The van der Waals surface area contributed by atoms with Crippen LogP contribution in [0.2, 0.25) is 0 Å². The van der Waals surface area contributed by atoms with Crippen molar-refractivity contribution in [1.82, 2.24) is 0 Å². The zero-order valence-electron chi connectivity index (χ0n) is 15.5. The van der Waals surface area contributed by atoms with E-state index < -0.39 is 23.2 Å². The molecular weight excluding hydrogens is 322 g/mol. The lowest BCUT2D eigenvalue weighted by molar-refractivity contribution is 0.0494. The third-order valence-corrected chi connectivity index (χ3v) is 5.24. The maximum Gasteiger partial charge on any atom is 0.344 e. The van der Waals surface area contributed by atoms with E-state index in [4.69, 9.17) is 4.74 Å². The zero-order valence-corrected chi connectivity index (χ0v) is 15.5. The first-order valence-corrected chi connectivity index (χ1v) is 9.72. The van der Waals surface area contributed by atoms with Crippen molar-refractivity contribution in [1.29, 1.82) is 0 Å². The highest BCUT2D eigenvalue weighted by Gasteiger charge is 2.26. The van der Waals surface area contributed by atoms with Gasteiger partial charge in [-0.15, -0.1) is 0 Å². The Hall–Kier alpha value is -1.45. The fraction of sp³-hybridized carbons (Fsp3) is 0.667. The van der Waals surface area contributed by atoms with E-state index in [2.05, 4.69) is 6.92 Å².